The van der Waals surface area contributed by atoms with Gasteiger partial charge in [-0.05, 0) is 49.7 Å². The van der Waals surface area contributed by atoms with E-state index in [4.69, 9.17) is 11.6 Å². The number of likely N-dealkylation sites (N-methyl/N-ethyl adjacent to an activating group) is 1. The summed E-state index contributed by atoms with van der Waals surface area (Å²) >= 11 is 6.45. The minimum Gasteiger partial charge on any atom is -0.308 e. The molecule has 0 saturated carbocycles. The Morgan fingerprint density at radius 2 is 1.78 bits per heavy atom. The molecule has 1 N–H and O–H groups in total. The number of Topliss-reactive ketones (excluding diaryl/α,β-unsaturated/α-hetero) is 1. The molecule has 0 bridgehead atoms. The molecule has 1 heterocycles. The average molecular weight is 478 g/mol. The van der Waals surface area contributed by atoms with Gasteiger partial charge in [0.05, 0.1) is 11.4 Å². The van der Waals surface area contributed by atoms with Gasteiger partial charge in [-0.2, -0.15) is 4.31 Å². The molecule has 1 aliphatic heterocycles. The highest BCUT2D eigenvalue weighted by atomic mass is 35.5. The van der Waals surface area contributed by atoms with Gasteiger partial charge >= 0.3 is 0 Å². The number of nitrogens with zero attached hydrogens (tertiary/aromatic N) is 2. The van der Waals surface area contributed by atoms with Crippen molar-refractivity contribution < 1.29 is 13.2 Å². The van der Waals surface area contributed by atoms with Gasteiger partial charge in [-0.25, -0.2) is 8.42 Å². The first-order chi connectivity index (χ1) is 15.4. The first kappa shape index (κ1) is 24.9. The number of carbonyl (C=O) groups is 1. The molecule has 3 rings (SSSR count). The normalized spacial score (nSPS) is 15.9. The smallest absolute Gasteiger partial charge is 0.243 e. The molecule has 1 unspecified atom stereocenters. The standard InChI is InChI=1S/C24H32ClN3O3S/c1-3-27(4-2)23(21-12-5-6-13-22(21)25)17-26-18-24(29)19-10-9-11-20(16-19)32(30,31)28-14-7-8-15-28/h5-6,9-13,16,23,26H,3-4,7-8,14-15,17-18H2,1-2H3. The summed E-state index contributed by atoms with van der Waals surface area (Å²) in [5.41, 5.74) is 1.42. The zero-order valence-electron chi connectivity index (χ0n) is 18.8. The highest BCUT2D eigenvalue weighted by molar-refractivity contribution is 7.89. The van der Waals surface area contributed by atoms with Gasteiger partial charge in [0.1, 0.15) is 0 Å². The van der Waals surface area contributed by atoms with E-state index in [-0.39, 0.29) is 23.3 Å². The van der Waals surface area contributed by atoms with E-state index in [0.29, 0.717) is 30.2 Å². The van der Waals surface area contributed by atoms with Crippen LogP contribution in [0.5, 0.6) is 0 Å². The molecule has 2 aromatic carbocycles. The highest BCUT2D eigenvalue weighted by Gasteiger charge is 2.27. The lowest BCUT2D eigenvalue weighted by Crippen LogP contribution is -2.37. The lowest BCUT2D eigenvalue weighted by atomic mass is 10.0. The molecule has 6 nitrogen and oxygen atoms in total. The van der Waals surface area contributed by atoms with Crippen molar-refractivity contribution in [1.82, 2.24) is 14.5 Å². The molecule has 0 amide bonds. The number of rotatable bonds is 11. The molecular weight excluding hydrogens is 446 g/mol. The van der Waals surface area contributed by atoms with E-state index in [1.54, 1.807) is 18.2 Å². The summed E-state index contributed by atoms with van der Waals surface area (Å²) < 4.78 is 27.1. The third-order valence-corrected chi connectivity index (χ3v) is 8.24. The van der Waals surface area contributed by atoms with E-state index in [2.05, 4.69) is 24.1 Å². The highest BCUT2D eigenvalue weighted by Crippen LogP contribution is 2.27. The van der Waals surface area contributed by atoms with Gasteiger partial charge < -0.3 is 5.32 Å². The van der Waals surface area contributed by atoms with Crippen LogP contribution >= 0.6 is 11.6 Å². The summed E-state index contributed by atoms with van der Waals surface area (Å²) in [6.45, 7) is 7.68. The number of hydrogen-bond donors (Lipinski definition) is 1. The van der Waals surface area contributed by atoms with Crippen molar-refractivity contribution in [2.75, 3.05) is 39.3 Å². The first-order valence-electron chi connectivity index (χ1n) is 11.2. The molecule has 8 heteroatoms. The Morgan fingerprint density at radius 3 is 2.44 bits per heavy atom. The van der Waals surface area contributed by atoms with Crippen molar-refractivity contribution in [3.05, 3.63) is 64.7 Å². The molecule has 174 valence electrons. The van der Waals surface area contributed by atoms with Crippen LogP contribution in [-0.2, 0) is 10.0 Å². The monoisotopic (exact) mass is 477 g/mol. The number of benzene rings is 2. The van der Waals surface area contributed by atoms with Crippen LogP contribution in [0.15, 0.2) is 53.4 Å². The number of ketones is 1. The van der Waals surface area contributed by atoms with Crippen molar-refractivity contribution in [3.63, 3.8) is 0 Å². The lowest BCUT2D eigenvalue weighted by Gasteiger charge is -2.31. The van der Waals surface area contributed by atoms with Crippen LogP contribution in [0.1, 0.15) is 48.7 Å². The zero-order valence-corrected chi connectivity index (χ0v) is 20.3. The Hall–Kier alpha value is -1.77. The van der Waals surface area contributed by atoms with E-state index in [1.807, 2.05) is 24.3 Å². The van der Waals surface area contributed by atoms with Crippen molar-refractivity contribution in [2.24, 2.45) is 0 Å². The van der Waals surface area contributed by atoms with E-state index in [0.717, 1.165) is 31.5 Å². The largest absolute Gasteiger partial charge is 0.308 e. The Kier molecular flexibility index (Phi) is 8.85. The Balaban J connectivity index is 1.69. The van der Waals surface area contributed by atoms with Crippen molar-refractivity contribution >= 4 is 27.4 Å². The summed E-state index contributed by atoms with van der Waals surface area (Å²) in [5, 5.41) is 3.97. The molecule has 1 atom stereocenters. The van der Waals surface area contributed by atoms with Crippen LogP contribution in [0.3, 0.4) is 0 Å². The number of nitrogens with one attached hydrogen (secondary N) is 1. The maximum absolute atomic E-state index is 12.8. The second-order valence-electron chi connectivity index (χ2n) is 7.95. The quantitative estimate of drug-likeness (QED) is 0.496. The fourth-order valence-electron chi connectivity index (χ4n) is 4.18. The minimum atomic E-state index is -3.55. The predicted molar refractivity (Wildman–Crippen MR) is 129 cm³/mol. The van der Waals surface area contributed by atoms with Crippen molar-refractivity contribution in [3.8, 4) is 0 Å². The number of carbonyl (C=O) groups excluding carboxylic acids is 1. The minimum absolute atomic E-state index is 0.0355. The lowest BCUT2D eigenvalue weighted by molar-refractivity contribution is 0.0986. The molecule has 0 spiro atoms. The third kappa shape index (κ3) is 5.77. The summed E-state index contributed by atoms with van der Waals surface area (Å²) in [6, 6.07) is 14.2. The van der Waals surface area contributed by atoms with Gasteiger partial charge in [0.25, 0.3) is 0 Å². The van der Waals surface area contributed by atoms with Gasteiger partial charge in [-0.3, -0.25) is 9.69 Å². The molecule has 0 aliphatic carbocycles. The Bertz CT molecular complexity index is 1020. The van der Waals surface area contributed by atoms with Gasteiger partial charge in [0.2, 0.25) is 10.0 Å². The van der Waals surface area contributed by atoms with Crippen LogP contribution in [-0.4, -0.2) is 62.7 Å². The van der Waals surface area contributed by atoms with E-state index in [9.17, 15) is 13.2 Å². The second-order valence-corrected chi connectivity index (χ2v) is 10.3. The summed E-state index contributed by atoms with van der Waals surface area (Å²) in [6.07, 6.45) is 1.75. The summed E-state index contributed by atoms with van der Waals surface area (Å²) in [7, 11) is -3.55. The molecule has 0 aromatic heterocycles. The second kappa shape index (κ2) is 11.4. The van der Waals surface area contributed by atoms with E-state index < -0.39 is 10.0 Å². The third-order valence-electron chi connectivity index (χ3n) is 6.00. The van der Waals surface area contributed by atoms with Crippen molar-refractivity contribution in [1.29, 1.82) is 0 Å². The fourth-order valence-corrected chi connectivity index (χ4v) is 6.00. The molecule has 0 radical (unpaired) electrons. The van der Waals surface area contributed by atoms with Gasteiger partial charge in [-0.1, -0.05) is 55.8 Å². The molecule has 1 saturated heterocycles. The molecule has 2 aromatic rings. The SMILES string of the molecule is CCN(CC)C(CNCC(=O)c1cccc(S(=O)(=O)N2CCCC2)c1)c1ccccc1Cl. The van der Waals surface area contributed by atoms with Gasteiger partial charge in [0, 0.05) is 36.3 Å². The molecule has 1 aliphatic rings. The predicted octanol–water partition coefficient (Wildman–Crippen LogP) is 3.98. The Morgan fingerprint density at radius 1 is 1.09 bits per heavy atom. The van der Waals surface area contributed by atoms with Crippen LogP contribution in [0.4, 0.5) is 0 Å². The van der Waals surface area contributed by atoms with Gasteiger partial charge in [0.15, 0.2) is 5.78 Å². The van der Waals surface area contributed by atoms with Crippen LogP contribution in [0, 0.1) is 0 Å². The fraction of sp³-hybridized carbons (Fsp3) is 0.458. The number of halogens is 1. The number of sulfonamides is 1. The van der Waals surface area contributed by atoms with Crippen LogP contribution in [0.25, 0.3) is 0 Å². The van der Waals surface area contributed by atoms with E-state index in [1.165, 1.54) is 10.4 Å². The average Bonchev–Trinajstić information content (AvgIpc) is 3.35. The molecule has 1 fully saturated rings. The van der Waals surface area contributed by atoms with Crippen molar-refractivity contribution in [2.45, 2.75) is 37.6 Å². The van der Waals surface area contributed by atoms with E-state index >= 15 is 0 Å². The summed E-state index contributed by atoms with van der Waals surface area (Å²) in [4.78, 5) is 15.3. The topological polar surface area (TPSA) is 69.7 Å². The molecular formula is C24H32ClN3O3S. The maximum atomic E-state index is 12.8. The zero-order chi connectivity index (χ0) is 23.1. The van der Waals surface area contributed by atoms with Gasteiger partial charge in [-0.15, -0.1) is 0 Å². The Labute approximate surface area is 196 Å². The first-order valence-corrected chi connectivity index (χ1v) is 13.0. The van der Waals surface area contributed by atoms with Crippen LogP contribution < -0.4 is 5.32 Å². The van der Waals surface area contributed by atoms with Crippen LogP contribution in [0.2, 0.25) is 5.02 Å². The molecule has 32 heavy (non-hydrogen) atoms. The maximum Gasteiger partial charge on any atom is 0.243 e. The number of hydrogen-bond acceptors (Lipinski definition) is 5. The summed E-state index contributed by atoms with van der Waals surface area (Å²) in [5.74, 6) is -0.138.